The Balaban J connectivity index is 2.82. The van der Waals surface area contributed by atoms with Gasteiger partial charge in [-0.3, -0.25) is 4.79 Å². The molecule has 0 aliphatic heterocycles. The summed E-state index contributed by atoms with van der Waals surface area (Å²) in [5.41, 5.74) is 0.348. The summed E-state index contributed by atoms with van der Waals surface area (Å²) in [4.78, 5) is 29.0. The Morgan fingerprint density at radius 2 is 2.21 bits per heavy atom. The first-order chi connectivity index (χ1) is 8.99. The van der Waals surface area contributed by atoms with Gasteiger partial charge in [0.15, 0.2) is 6.04 Å². The number of carbonyl (C=O) groups excluding carboxylic acids is 2. The van der Waals surface area contributed by atoms with Crippen LogP contribution in [0.4, 0.5) is 5.82 Å². The van der Waals surface area contributed by atoms with Crippen molar-refractivity contribution < 1.29 is 19.4 Å². The monoisotopic (exact) mass is 267 g/mol. The Morgan fingerprint density at radius 3 is 2.74 bits per heavy atom. The molecule has 7 nitrogen and oxygen atoms in total. The van der Waals surface area contributed by atoms with Gasteiger partial charge in [-0.15, -0.1) is 0 Å². The molecule has 1 atom stereocenters. The molecule has 1 heterocycles. The Bertz CT molecular complexity index is 462. The fraction of sp³-hybridized carbons (Fsp3) is 0.417. The smallest absolute Gasteiger partial charge is 0.330 e. The largest absolute Gasteiger partial charge is 0.467 e. The van der Waals surface area contributed by atoms with Crippen LogP contribution in [-0.2, 0) is 9.53 Å². The molecule has 0 saturated carbocycles. The molecule has 0 radical (unpaired) electrons. The van der Waals surface area contributed by atoms with Crippen molar-refractivity contribution in [3.63, 3.8) is 0 Å². The van der Waals surface area contributed by atoms with Gasteiger partial charge in [0.1, 0.15) is 5.82 Å². The van der Waals surface area contributed by atoms with Crippen molar-refractivity contribution in [1.82, 2.24) is 10.3 Å². The van der Waals surface area contributed by atoms with Crippen molar-refractivity contribution in [3.8, 4) is 0 Å². The summed E-state index contributed by atoms with van der Waals surface area (Å²) in [6.45, 7) is -0.524. The summed E-state index contributed by atoms with van der Waals surface area (Å²) in [6, 6.07) is 2.03. The van der Waals surface area contributed by atoms with Gasteiger partial charge in [0.25, 0.3) is 5.91 Å². The van der Waals surface area contributed by atoms with Crippen molar-refractivity contribution in [2.45, 2.75) is 6.04 Å². The molecule has 2 N–H and O–H groups in total. The van der Waals surface area contributed by atoms with E-state index in [0.29, 0.717) is 11.4 Å². The van der Waals surface area contributed by atoms with Crippen LogP contribution in [0, 0.1) is 0 Å². The van der Waals surface area contributed by atoms with E-state index in [4.69, 9.17) is 5.11 Å². The first-order valence-corrected chi connectivity index (χ1v) is 5.62. The lowest BCUT2D eigenvalue weighted by atomic mass is 10.2. The Labute approximate surface area is 111 Å². The maximum absolute atomic E-state index is 11.9. The number of hydrogen-bond acceptors (Lipinski definition) is 6. The molecule has 0 aromatic carbocycles. The predicted octanol–water partition coefficient (Wildman–Crippen LogP) is -0.589. The van der Waals surface area contributed by atoms with Crippen LogP contribution >= 0.6 is 0 Å². The quantitative estimate of drug-likeness (QED) is 0.693. The van der Waals surface area contributed by atoms with Crippen LogP contribution in [0.2, 0.25) is 0 Å². The molecule has 1 aromatic rings. The summed E-state index contributed by atoms with van der Waals surface area (Å²) < 4.78 is 4.47. The number of methoxy groups -OCH3 is 1. The highest BCUT2D eigenvalue weighted by molar-refractivity contribution is 5.97. The van der Waals surface area contributed by atoms with Gasteiger partial charge in [-0.2, -0.15) is 0 Å². The number of pyridine rings is 1. The van der Waals surface area contributed by atoms with Crippen LogP contribution in [0.1, 0.15) is 10.4 Å². The highest BCUT2D eigenvalue weighted by Gasteiger charge is 2.21. The zero-order chi connectivity index (χ0) is 14.4. The fourth-order valence-corrected chi connectivity index (χ4v) is 1.37. The van der Waals surface area contributed by atoms with Gasteiger partial charge in [-0.25, -0.2) is 9.78 Å². The Morgan fingerprint density at radius 1 is 1.53 bits per heavy atom. The minimum absolute atomic E-state index is 0.348. The second-order valence-corrected chi connectivity index (χ2v) is 4.03. The number of esters is 1. The van der Waals surface area contributed by atoms with Crippen molar-refractivity contribution in [1.29, 1.82) is 0 Å². The molecule has 0 saturated heterocycles. The number of nitrogens with zero attached hydrogens (tertiary/aromatic N) is 2. The maximum atomic E-state index is 11.9. The third kappa shape index (κ3) is 3.92. The van der Waals surface area contributed by atoms with E-state index in [1.54, 1.807) is 25.1 Å². The number of aromatic nitrogens is 1. The first-order valence-electron chi connectivity index (χ1n) is 5.62. The van der Waals surface area contributed by atoms with Crippen LogP contribution in [0.25, 0.3) is 0 Å². The average Bonchev–Trinajstić information content (AvgIpc) is 2.43. The van der Waals surface area contributed by atoms with Crippen LogP contribution in [-0.4, -0.2) is 55.8 Å². The van der Waals surface area contributed by atoms with Crippen LogP contribution in [0.3, 0.4) is 0 Å². The highest BCUT2D eigenvalue weighted by Crippen LogP contribution is 2.09. The van der Waals surface area contributed by atoms with Crippen molar-refractivity contribution in [2.24, 2.45) is 0 Å². The Kier molecular flexibility index (Phi) is 5.25. The van der Waals surface area contributed by atoms with E-state index in [-0.39, 0.29) is 0 Å². The lowest BCUT2D eigenvalue weighted by Gasteiger charge is -2.15. The highest BCUT2D eigenvalue weighted by atomic mass is 16.5. The molecule has 1 unspecified atom stereocenters. The SMILES string of the molecule is COC(=O)C(CO)NC(=O)c1ccnc(N(C)C)c1. The number of aliphatic hydroxyl groups is 1. The second kappa shape index (κ2) is 6.69. The molecular weight excluding hydrogens is 250 g/mol. The van der Waals surface area contributed by atoms with Gasteiger partial charge < -0.3 is 20.1 Å². The fourth-order valence-electron chi connectivity index (χ4n) is 1.37. The molecule has 19 heavy (non-hydrogen) atoms. The molecule has 7 heteroatoms. The molecule has 104 valence electrons. The Hall–Kier alpha value is -2.15. The molecule has 1 aromatic heterocycles. The lowest BCUT2D eigenvalue weighted by molar-refractivity contribution is -0.143. The van der Waals surface area contributed by atoms with Crippen LogP contribution in [0.5, 0.6) is 0 Å². The summed E-state index contributed by atoms with van der Waals surface area (Å²) in [5.74, 6) is -0.557. The van der Waals surface area contributed by atoms with Crippen molar-refractivity contribution in [3.05, 3.63) is 23.9 Å². The summed E-state index contributed by atoms with van der Waals surface area (Å²) >= 11 is 0. The molecule has 0 aliphatic carbocycles. The number of nitrogens with one attached hydrogen (secondary N) is 1. The maximum Gasteiger partial charge on any atom is 0.330 e. The summed E-state index contributed by atoms with van der Waals surface area (Å²) in [5, 5.41) is 11.4. The van der Waals surface area contributed by atoms with Gasteiger partial charge in [-0.05, 0) is 12.1 Å². The zero-order valence-corrected chi connectivity index (χ0v) is 11.1. The minimum atomic E-state index is -1.08. The van der Waals surface area contributed by atoms with Crippen molar-refractivity contribution in [2.75, 3.05) is 32.7 Å². The molecule has 0 bridgehead atoms. The first kappa shape index (κ1) is 14.9. The molecule has 1 rings (SSSR count). The molecule has 0 aliphatic rings. The molecule has 1 amide bonds. The molecule has 0 spiro atoms. The third-order valence-corrected chi connectivity index (χ3v) is 2.44. The zero-order valence-electron chi connectivity index (χ0n) is 11.1. The number of amides is 1. The standard InChI is InChI=1S/C12H17N3O4/c1-15(2)10-6-8(4-5-13-10)11(17)14-9(7-16)12(18)19-3/h4-6,9,16H,7H2,1-3H3,(H,14,17). The van der Waals surface area contributed by atoms with Gasteiger partial charge >= 0.3 is 5.97 Å². The number of rotatable bonds is 5. The lowest BCUT2D eigenvalue weighted by Crippen LogP contribution is -2.44. The van der Waals surface area contributed by atoms with E-state index in [1.807, 2.05) is 0 Å². The van der Waals surface area contributed by atoms with E-state index in [0.717, 1.165) is 0 Å². The number of carbonyl (C=O) groups is 2. The summed E-state index contributed by atoms with van der Waals surface area (Å²) in [6.07, 6.45) is 1.50. The topological polar surface area (TPSA) is 91.8 Å². The van der Waals surface area contributed by atoms with E-state index in [9.17, 15) is 9.59 Å². The average molecular weight is 267 g/mol. The van der Waals surface area contributed by atoms with E-state index >= 15 is 0 Å². The van der Waals surface area contributed by atoms with Gasteiger partial charge in [0.2, 0.25) is 0 Å². The normalized spacial score (nSPS) is 11.6. The van der Waals surface area contributed by atoms with Crippen molar-refractivity contribution >= 4 is 17.7 Å². The van der Waals surface area contributed by atoms with Crippen LogP contribution < -0.4 is 10.2 Å². The van der Waals surface area contributed by atoms with Crippen LogP contribution in [0.15, 0.2) is 18.3 Å². The summed E-state index contributed by atoms with van der Waals surface area (Å²) in [7, 11) is 4.79. The number of hydrogen-bond donors (Lipinski definition) is 2. The third-order valence-electron chi connectivity index (χ3n) is 2.44. The minimum Gasteiger partial charge on any atom is -0.467 e. The number of anilines is 1. The number of ether oxygens (including phenoxy) is 1. The van der Waals surface area contributed by atoms with Gasteiger partial charge in [-0.1, -0.05) is 0 Å². The molecular formula is C12H17N3O4. The second-order valence-electron chi connectivity index (χ2n) is 4.03. The van der Waals surface area contributed by atoms with E-state index in [1.165, 1.54) is 19.4 Å². The van der Waals surface area contributed by atoms with E-state index < -0.39 is 24.5 Å². The van der Waals surface area contributed by atoms with E-state index in [2.05, 4.69) is 15.0 Å². The van der Waals surface area contributed by atoms with Gasteiger partial charge in [0, 0.05) is 25.9 Å². The predicted molar refractivity (Wildman–Crippen MR) is 68.9 cm³/mol. The van der Waals surface area contributed by atoms with Gasteiger partial charge in [0.05, 0.1) is 13.7 Å². The molecule has 0 fully saturated rings. The number of aliphatic hydroxyl groups excluding tert-OH is 1.